The second-order valence-corrected chi connectivity index (χ2v) is 6.85. The zero-order valence-electron chi connectivity index (χ0n) is 15.3. The molecule has 1 aromatic carbocycles. The summed E-state index contributed by atoms with van der Waals surface area (Å²) in [5.74, 6) is -0.825. The van der Waals surface area contributed by atoms with Gasteiger partial charge in [-0.15, -0.1) is 11.3 Å². The zero-order chi connectivity index (χ0) is 19.5. The molecule has 1 aromatic heterocycles. The van der Waals surface area contributed by atoms with Crippen LogP contribution in [0.25, 0.3) is 0 Å². The summed E-state index contributed by atoms with van der Waals surface area (Å²) in [5, 5.41) is 7.36. The lowest BCUT2D eigenvalue weighted by molar-refractivity contribution is -0.147. The van der Waals surface area contributed by atoms with Gasteiger partial charge in [-0.25, -0.2) is 4.79 Å². The predicted octanol–water partition coefficient (Wildman–Crippen LogP) is 2.55. The van der Waals surface area contributed by atoms with Crippen molar-refractivity contribution in [1.82, 2.24) is 10.6 Å². The van der Waals surface area contributed by atoms with E-state index in [9.17, 15) is 14.4 Å². The smallest absolute Gasteiger partial charge is 0.328 e. The highest BCUT2D eigenvalue weighted by Crippen LogP contribution is 2.08. The summed E-state index contributed by atoms with van der Waals surface area (Å²) in [6, 6.07) is 12.3. The number of carbonyl (C=O) groups excluding carboxylic acids is 3. The molecule has 0 aliphatic carbocycles. The van der Waals surface area contributed by atoms with Gasteiger partial charge in [0, 0.05) is 19.4 Å². The molecule has 7 heteroatoms. The summed E-state index contributed by atoms with van der Waals surface area (Å²) in [5.41, 5.74) is 0.944. The van der Waals surface area contributed by atoms with Gasteiger partial charge >= 0.3 is 5.97 Å². The van der Waals surface area contributed by atoms with Crippen molar-refractivity contribution in [3.05, 3.63) is 58.3 Å². The third-order valence-electron chi connectivity index (χ3n) is 3.80. The SMILES string of the molecule is CCOC(=O)C(Cc1ccccc1)NC(=O)CCCNC(=O)c1cccs1. The van der Waals surface area contributed by atoms with Crippen LogP contribution in [0.5, 0.6) is 0 Å². The number of amides is 2. The van der Waals surface area contributed by atoms with E-state index in [2.05, 4.69) is 10.6 Å². The van der Waals surface area contributed by atoms with Crippen molar-refractivity contribution in [1.29, 1.82) is 0 Å². The number of hydrogen-bond donors (Lipinski definition) is 2. The van der Waals surface area contributed by atoms with E-state index in [-0.39, 0.29) is 24.8 Å². The van der Waals surface area contributed by atoms with Crippen molar-refractivity contribution >= 4 is 29.1 Å². The van der Waals surface area contributed by atoms with Crippen molar-refractivity contribution in [2.45, 2.75) is 32.2 Å². The minimum absolute atomic E-state index is 0.140. The van der Waals surface area contributed by atoms with E-state index in [4.69, 9.17) is 4.74 Å². The maximum absolute atomic E-state index is 12.2. The first-order chi connectivity index (χ1) is 13.1. The zero-order valence-corrected chi connectivity index (χ0v) is 16.1. The maximum Gasteiger partial charge on any atom is 0.328 e. The van der Waals surface area contributed by atoms with Crippen LogP contribution < -0.4 is 10.6 Å². The molecule has 2 amide bonds. The molecule has 2 rings (SSSR count). The Balaban J connectivity index is 1.78. The highest BCUT2D eigenvalue weighted by Gasteiger charge is 2.22. The number of rotatable bonds is 10. The number of hydrogen-bond acceptors (Lipinski definition) is 5. The molecule has 1 heterocycles. The Morgan fingerprint density at radius 3 is 2.56 bits per heavy atom. The fraction of sp³-hybridized carbons (Fsp3) is 0.350. The quantitative estimate of drug-likeness (QED) is 0.484. The van der Waals surface area contributed by atoms with Crippen molar-refractivity contribution in [3.63, 3.8) is 0 Å². The standard InChI is InChI=1S/C20H24N2O4S/c1-2-26-20(25)16(14-15-8-4-3-5-9-15)22-18(23)11-6-12-21-19(24)17-10-7-13-27-17/h3-5,7-10,13,16H,2,6,11-12,14H2,1H3,(H,21,24)(H,22,23). The molecule has 0 bridgehead atoms. The van der Waals surface area contributed by atoms with E-state index in [0.717, 1.165) is 5.56 Å². The van der Waals surface area contributed by atoms with Crippen LogP contribution in [0, 0.1) is 0 Å². The lowest BCUT2D eigenvalue weighted by Crippen LogP contribution is -2.43. The predicted molar refractivity (Wildman–Crippen MR) is 105 cm³/mol. The molecule has 0 spiro atoms. The monoisotopic (exact) mass is 388 g/mol. The first kappa shape index (κ1) is 20.6. The molecular formula is C20H24N2O4S. The number of benzene rings is 1. The Kier molecular flexibility index (Phi) is 8.51. The molecule has 144 valence electrons. The normalized spacial score (nSPS) is 11.4. The summed E-state index contributed by atoms with van der Waals surface area (Å²) in [6.45, 7) is 2.39. The molecule has 0 radical (unpaired) electrons. The van der Waals surface area contributed by atoms with Crippen LogP contribution in [0.15, 0.2) is 47.8 Å². The molecule has 0 aliphatic rings. The summed E-state index contributed by atoms with van der Waals surface area (Å²) in [6.07, 6.45) is 1.08. The van der Waals surface area contributed by atoms with Gasteiger partial charge in [-0.2, -0.15) is 0 Å². The van der Waals surface area contributed by atoms with Gasteiger partial charge in [0.15, 0.2) is 0 Å². The molecule has 0 fully saturated rings. The van der Waals surface area contributed by atoms with Crippen LogP contribution in [0.3, 0.4) is 0 Å². The first-order valence-electron chi connectivity index (χ1n) is 8.91. The van der Waals surface area contributed by atoms with Crippen LogP contribution in [0.1, 0.15) is 35.0 Å². The largest absolute Gasteiger partial charge is 0.464 e. The van der Waals surface area contributed by atoms with Crippen LogP contribution in [0.4, 0.5) is 0 Å². The molecule has 6 nitrogen and oxygen atoms in total. The number of nitrogens with one attached hydrogen (secondary N) is 2. The Labute approximate surface area is 162 Å². The Hall–Kier alpha value is -2.67. The Morgan fingerprint density at radius 2 is 1.89 bits per heavy atom. The molecule has 1 atom stereocenters. The summed E-state index contributed by atoms with van der Waals surface area (Å²) in [7, 11) is 0. The fourth-order valence-electron chi connectivity index (χ4n) is 2.50. The summed E-state index contributed by atoms with van der Waals surface area (Å²) in [4.78, 5) is 36.8. The van der Waals surface area contributed by atoms with Crippen molar-refractivity contribution in [2.24, 2.45) is 0 Å². The van der Waals surface area contributed by atoms with Crippen LogP contribution in [0.2, 0.25) is 0 Å². The highest BCUT2D eigenvalue weighted by atomic mass is 32.1. The van der Waals surface area contributed by atoms with Crippen molar-refractivity contribution < 1.29 is 19.1 Å². The minimum Gasteiger partial charge on any atom is -0.464 e. The molecule has 0 aliphatic heterocycles. The van der Waals surface area contributed by atoms with E-state index in [1.807, 2.05) is 41.8 Å². The highest BCUT2D eigenvalue weighted by molar-refractivity contribution is 7.12. The van der Waals surface area contributed by atoms with Crippen LogP contribution in [-0.4, -0.2) is 37.0 Å². The lowest BCUT2D eigenvalue weighted by atomic mass is 10.1. The van der Waals surface area contributed by atoms with Crippen molar-refractivity contribution in [3.8, 4) is 0 Å². The van der Waals surface area contributed by atoms with Gasteiger partial charge in [-0.05, 0) is 30.4 Å². The Bertz CT molecular complexity index is 732. The molecule has 0 saturated carbocycles. The number of esters is 1. The van der Waals surface area contributed by atoms with Gasteiger partial charge in [0.05, 0.1) is 11.5 Å². The third-order valence-corrected chi connectivity index (χ3v) is 4.67. The lowest BCUT2D eigenvalue weighted by Gasteiger charge is -2.17. The average Bonchev–Trinajstić information content (AvgIpc) is 3.20. The fourth-order valence-corrected chi connectivity index (χ4v) is 3.14. The van der Waals surface area contributed by atoms with Gasteiger partial charge < -0.3 is 15.4 Å². The first-order valence-corrected chi connectivity index (χ1v) is 9.79. The molecular weight excluding hydrogens is 364 g/mol. The van der Waals surface area contributed by atoms with E-state index in [1.165, 1.54) is 11.3 Å². The van der Waals surface area contributed by atoms with Crippen LogP contribution >= 0.6 is 11.3 Å². The summed E-state index contributed by atoms with van der Waals surface area (Å²) < 4.78 is 5.07. The molecule has 27 heavy (non-hydrogen) atoms. The van der Waals surface area contributed by atoms with Gasteiger partial charge in [0.1, 0.15) is 6.04 Å². The van der Waals surface area contributed by atoms with Gasteiger partial charge in [0.2, 0.25) is 5.91 Å². The topological polar surface area (TPSA) is 84.5 Å². The number of ether oxygens (including phenoxy) is 1. The van der Waals surface area contributed by atoms with Crippen LogP contribution in [-0.2, 0) is 20.7 Å². The van der Waals surface area contributed by atoms with Gasteiger partial charge in [-0.1, -0.05) is 36.4 Å². The molecule has 2 N–H and O–H groups in total. The van der Waals surface area contributed by atoms with E-state index < -0.39 is 12.0 Å². The van der Waals surface area contributed by atoms with E-state index in [0.29, 0.717) is 24.3 Å². The molecule has 0 saturated heterocycles. The van der Waals surface area contributed by atoms with E-state index in [1.54, 1.807) is 13.0 Å². The number of thiophene rings is 1. The average molecular weight is 388 g/mol. The number of carbonyl (C=O) groups is 3. The second kappa shape index (κ2) is 11.1. The molecule has 1 unspecified atom stereocenters. The Morgan fingerprint density at radius 1 is 1.11 bits per heavy atom. The maximum atomic E-state index is 12.2. The van der Waals surface area contributed by atoms with Crippen molar-refractivity contribution in [2.75, 3.05) is 13.2 Å². The minimum atomic E-state index is -0.722. The van der Waals surface area contributed by atoms with Gasteiger partial charge in [0.25, 0.3) is 5.91 Å². The third kappa shape index (κ3) is 7.22. The van der Waals surface area contributed by atoms with E-state index >= 15 is 0 Å². The second-order valence-electron chi connectivity index (χ2n) is 5.90. The summed E-state index contributed by atoms with van der Waals surface area (Å²) >= 11 is 1.37. The molecule has 2 aromatic rings. The van der Waals surface area contributed by atoms with Gasteiger partial charge in [-0.3, -0.25) is 9.59 Å².